The molecule has 1 aliphatic heterocycles. The first-order valence-corrected chi connectivity index (χ1v) is 8.78. The van der Waals surface area contributed by atoms with Crippen LogP contribution in [0.2, 0.25) is 0 Å². The number of carbonyl (C=O) groups is 1. The zero-order chi connectivity index (χ0) is 16.0. The first-order valence-electron chi connectivity index (χ1n) is 7.56. The minimum Gasteiger partial charge on any atom is -0.461 e. The largest absolute Gasteiger partial charge is 0.461 e. The van der Waals surface area contributed by atoms with Gasteiger partial charge in [-0.2, -0.15) is 0 Å². The number of nitrogens with zero attached hydrogens (tertiary/aromatic N) is 1. The monoisotopic (exact) mass is 341 g/mol. The molecule has 1 saturated heterocycles. The molecule has 4 rings (SSSR count). The van der Waals surface area contributed by atoms with Crippen LogP contribution < -0.4 is 4.90 Å². The molecule has 3 nitrogen and oxygen atoms in total. The molecule has 0 bridgehead atoms. The number of hydrogen-bond acceptors (Lipinski definition) is 4. The lowest BCUT2D eigenvalue weighted by atomic mass is 10.2. The highest BCUT2D eigenvalue weighted by Crippen LogP contribution is 2.47. The molecule has 2 heterocycles. The van der Waals surface area contributed by atoms with Crippen molar-refractivity contribution in [1.82, 2.24) is 0 Å². The number of furan rings is 1. The van der Waals surface area contributed by atoms with E-state index in [1.165, 1.54) is 18.2 Å². The lowest BCUT2D eigenvalue weighted by molar-refractivity contribution is -0.113. The van der Waals surface area contributed by atoms with Crippen LogP contribution >= 0.6 is 24.0 Å². The van der Waals surface area contributed by atoms with Crippen LogP contribution in [-0.4, -0.2) is 10.2 Å². The SMILES string of the molecule is C[C@H]1C[C@H]1c1ccc(/C=C2\SC(=S)N(c3ccccc3)C2=O)o1. The van der Waals surface area contributed by atoms with Gasteiger partial charge in [-0.3, -0.25) is 9.69 Å². The Morgan fingerprint density at radius 3 is 2.70 bits per heavy atom. The molecule has 0 spiro atoms. The number of benzene rings is 1. The van der Waals surface area contributed by atoms with Gasteiger partial charge in [0.15, 0.2) is 4.32 Å². The average Bonchev–Trinajstić information content (AvgIpc) is 2.98. The maximum Gasteiger partial charge on any atom is 0.270 e. The lowest BCUT2D eigenvalue weighted by Crippen LogP contribution is -2.27. The highest BCUT2D eigenvalue weighted by molar-refractivity contribution is 8.27. The topological polar surface area (TPSA) is 33.5 Å². The molecule has 1 saturated carbocycles. The molecule has 0 radical (unpaired) electrons. The first kappa shape index (κ1) is 14.7. The normalized spacial score (nSPS) is 25.4. The Morgan fingerprint density at radius 1 is 1.26 bits per heavy atom. The van der Waals surface area contributed by atoms with E-state index in [1.807, 2.05) is 42.5 Å². The van der Waals surface area contributed by atoms with E-state index < -0.39 is 0 Å². The minimum atomic E-state index is -0.0936. The molecule has 23 heavy (non-hydrogen) atoms. The van der Waals surface area contributed by atoms with Gasteiger partial charge in [-0.15, -0.1) is 0 Å². The van der Waals surface area contributed by atoms with Crippen LogP contribution in [0.1, 0.15) is 30.8 Å². The van der Waals surface area contributed by atoms with Gasteiger partial charge < -0.3 is 4.42 Å². The van der Waals surface area contributed by atoms with Crippen LogP contribution in [0.15, 0.2) is 51.8 Å². The molecule has 2 aromatic rings. The molecule has 1 amide bonds. The fraction of sp³-hybridized carbons (Fsp3) is 0.222. The van der Waals surface area contributed by atoms with Crippen molar-refractivity contribution in [2.24, 2.45) is 5.92 Å². The summed E-state index contributed by atoms with van der Waals surface area (Å²) in [5, 5.41) is 0. The number of para-hydroxylation sites is 1. The van der Waals surface area contributed by atoms with Crippen LogP contribution in [-0.2, 0) is 4.79 Å². The van der Waals surface area contributed by atoms with E-state index in [2.05, 4.69) is 6.92 Å². The van der Waals surface area contributed by atoms with Gasteiger partial charge in [0.25, 0.3) is 5.91 Å². The summed E-state index contributed by atoms with van der Waals surface area (Å²) in [6, 6.07) is 13.4. The van der Waals surface area contributed by atoms with Gasteiger partial charge in [-0.25, -0.2) is 0 Å². The number of rotatable bonds is 3. The highest BCUT2D eigenvalue weighted by Gasteiger charge is 2.37. The van der Waals surface area contributed by atoms with E-state index in [0.29, 0.717) is 26.8 Å². The number of anilines is 1. The van der Waals surface area contributed by atoms with Gasteiger partial charge in [-0.05, 0) is 36.6 Å². The summed E-state index contributed by atoms with van der Waals surface area (Å²) in [4.78, 5) is 14.8. The third-order valence-corrected chi connectivity index (χ3v) is 5.51. The van der Waals surface area contributed by atoms with E-state index >= 15 is 0 Å². The predicted octanol–water partition coefficient (Wildman–Crippen LogP) is 4.81. The second-order valence-electron chi connectivity index (χ2n) is 5.91. The average molecular weight is 341 g/mol. The van der Waals surface area contributed by atoms with Crippen LogP contribution in [0.5, 0.6) is 0 Å². The Morgan fingerprint density at radius 2 is 2.00 bits per heavy atom. The van der Waals surface area contributed by atoms with E-state index in [4.69, 9.17) is 16.6 Å². The zero-order valence-electron chi connectivity index (χ0n) is 12.6. The summed E-state index contributed by atoms with van der Waals surface area (Å²) in [6.45, 7) is 2.22. The molecule has 116 valence electrons. The third kappa shape index (κ3) is 2.75. The molecule has 0 unspecified atom stereocenters. The second-order valence-corrected chi connectivity index (χ2v) is 7.59. The van der Waals surface area contributed by atoms with E-state index in [-0.39, 0.29) is 5.91 Å². The molecule has 2 fully saturated rings. The Kier molecular flexibility index (Phi) is 3.62. The molecular formula is C18H15NO2S2. The molecule has 2 aliphatic rings. The maximum absolute atomic E-state index is 12.6. The summed E-state index contributed by atoms with van der Waals surface area (Å²) in [5.74, 6) is 2.88. The Hall–Kier alpha value is -1.85. The fourth-order valence-electron chi connectivity index (χ4n) is 2.76. The van der Waals surface area contributed by atoms with Gasteiger partial charge in [-0.1, -0.05) is 49.1 Å². The van der Waals surface area contributed by atoms with Crippen molar-refractivity contribution in [2.45, 2.75) is 19.3 Å². The van der Waals surface area contributed by atoms with Crippen molar-refractivity contribution in [3.05, 3.63) is 58.9 Å². The number of thioether (sulfide) groups is 1. The summed E-state index contributed by atoms with van der Waals surface area (Å²) in [6.07, 6.45) is 2.97. The smallest absolute Gasteiger partial charge is 0.270 e. The van der Waals surface area contributed by atoms with Crippen LogP contribution in [0.4, 0.5) is 5.69 Å². The number of hydrogen-bond donors (Lipinski definition) is 0. The lowest BCUT2D eigenvalue weighted by Gasteiger charge is -2.13. The minimum absolute atomic E-state index is 0.0936. The number of thiocarbonyl (C=S) groups is 1. The van der Waals surface area contributed by atoms with Crippen LogP contribution in [0.25, 0.3) is 6.08 Å². The Balaban J connectivity index is 1.59. The van der Waals surface area contributed by atoms with E-state index in [1.54, 1.807) is 11.0 Å². The van der Waals surface area contributed by atoms with Gasteiger partial charge in [0.05, 0.1) is 10.6 Å². The van der Waals surface area contributed by atoms with Gasteiger partial charge in [0.1, 0.15) is 11.5 Å². The van der Waals surface area contributed by atoms with Crippen molar-refractivity contribution in [1.29, 1.82) is 0 Å². The first-order chi connectivity index (χ1) is 11.1. The van der Waals surface area contributed by atoms with Gasteiger partial charge in [0, 0.05) is 12.0 Å². The van der Waals surface area contributed by atoms with E-state index in [0.717, 1.165) is 11.4 Å². The molecule has 5 heteroatoms. The Labute approximate surface area is 144 Å². The predicted molar refractivity (Wildman–Crippen MR) is 97.3 cm³/mol. The summed E-state index contributed by atoms with van der Waals surface area (Å²) >= 11 is 6.68. The van der Waals surface area contributed by atoms with Crippen molar-refractivity contribution in [2.75, 3.05) is 4.90 Å². The summed E-state index contributed by atoms with van der Waals surface area (Å²) < 4.78 is 6.41. The van der Waals surface area contributed by atoms with Crippen molar-refractivity contribution >= 4 is 46.0 Å². The number of carbonyl (C=O) groups excluding carboxylic acids is 1. The van der Waals surface area contributed by atoms with Crippen LogP contribution in [0, 0.1) is 5.92 Å². The summed E-state index contributed by atoms with van der Waals surface area (Å²) in [7, 11) is 0. The molecule has 1 aliphatic carbocycles. The maximum atomic E-state index is 12.6. The Bertz CT molecular complexity index is 809. The molecule has 0 N–H and O–H groups in total. The quantitative estimate of drug-likeness (QED) is 0.593. The molecule has 2 atom stereocenters. The van der Waals surface area contributed by atoms with Crippen molar-refractivity contribution in [3.63, 3.8) is 0 Å². The highest BCUT2D eigenvalue weighted by atomic mass is 32.2. The van der Waals surface area contributed by atoms with Crippen molar-refractivity contribution in [3.8, 4) is 0 Å². The van der Waals surface area contributed by atoms with Crippen LogP contribution in [0.3, 0.4) is 0 Å². The summed E-state index contributed by atoms with van der Waals surface area (Å²) in [5.41, 5.74) is 0.797. The van der Waals surface area contributed by atoms with Gasteiger partial charge >= 0.3 is 0 Å². The zero-order valence-corrected chi connectivity index (χ0v) is 14.2. The standard InChI is InChI=1S/C18H15NO2S2/c1-11-9-14(11)15-8-7-13(21-15)10-16-17(20)19(18(22)23-16)12-5-3-2-4-6-12/h2-8,10-11,14H,9H2,1H3/b16-10-/t11-,14+/m0/s1. The second kappa shape index (κ2) is 5.65. The number of amides is 1. The molecule has 1 aromatic carbocycles. The molecule has 1 aromatic heterocycles. The molecular weight excluding hydrogens is 326 g/mol. The third-order valence-electron chi connectivity index (χ3n) is 4.20. The fourth-order valence-corrected chi connectivity index (χ4v) is 4.04. The van der Waals surface area contributed by atoms with Gasteiger partial charge in [0.2, 0.25) is 0 Å². The van der Waals surface area contributed by atoms with Crippen molar-refractivity contribution < 1.29 is 9.21 Å². The van der Waals surface area contributed by atoms with E-state index in [9.17, 15) is 4.79 Å².